The average Bonchev–Trinajstić information content (AvgIpc) is 2.83. The SMILES string of the molecule is CC1(C)c2cc(Br)ccc2-c2c1c1ccccc1c1ccccc21. The van der Waals surface area contributed by atoms with Crippen LogP contribution in [-0.2, 0) is 5.41 Å². The molecule has 0 aliphatic heterocycles. The van der Waals surface area contributed by atoms with Crippen LogP contribution in [0.4, 0.5) is 0 Å². The third-order valence-electron chi connectivity index (χ3n) is 5.48. The second kappa shape index (κ2) is 4.70. The van der Waals surface area contributed by atoms with Crippen molar-refractivity contribution in [2.24, 2.45) is 0 Å². The number of benzene rings is 4. The van der Waals surface area contributed by atoms with E-state index in [0.29, 0.717) is 0 Å². The van der Waals surface area contributed by atoms with Gasteiger partial charge in [0.1, 0.15) is 0 Å². The molecule has 1 heteroatoms. The van der Waals surface area contributed by atoms with Gasteiger partial charge in [-0.2, -0.15) is 0 Å². The van der Waals surface area contributed by atoms with Crippen molar-refractivity contribution in [3.63, 3.8) is 0 Å². The van der Waals surface area contributed by atoms with E-state index in [1.165, 1.54) is 43.8 Å². The van der Waals surface area contributed by atoms with Gasteiger partial charge in [-0.15, -0.1) is 0 Å². The molecule has 0 unspecified atom stereocenters. The Kier molecular flexibility index (Phi) is 2.79. The fourth-order valence-corrected chi connectivity index (χ4v) is 4.82. The number of hydrogen-bond acceptors (Lipinski definition) is 0. The van der Waals surface area contributed by atoms with E-state index in [-0.39, 0.29) is 5.41 Å². The van der Waals surface area contributed by atoms with Gasteiger partial charge in [-0.05, 0) is 55.9 Å². The molecule has 4 aromatic rings. The highest BCUT2D eigenvalue weighted by atomic mass is 79.9. The summed E-state index contributed by atoms with van der Waals surface area (Å²) < 4.78 is 1.15. The van der Waals surface area contributed by atoms with E-state index in [4.69, 9.17) is 0 Å². The molecule has 4 aromatic carbocycles. The quantitative estimate of drug-likeness (QED) is 0.289. The van der Waals surface area contributed by atoms with Crippen LogP contribution in [0.15, 0.2) is 71.2 Å². The Morgan fingerprint density at radius 3 is 2.00 bits per heavy atom. The first-order valence-corrected chi connectivity index (χ1v) is 9.12. The minimum absolute atomic E-state index is 0.00190. The summed E-state index contributed by atoms with van der Waals surface area (Å²) >= 11 is 3.66. The van der Waals surface area contributed by atoms with Gasteiger partial charge < -0.3 is 0 Å². The molecule has 0 saturated carbocycles. The first-order valence-electron chi connectivity index (χ1n) is 8.33. The van der Waals surface area contributed by atoms with Gasteiger partial charge in [0.05, 0.1) is 0 Å². The Morgan fingerprint density at radius 2 is 1.29 bits per heavy atom. The summed E-state index contributed by atoms with van der Waals surface area (Å²) in [5.41, 5.74) is 5.66. The van der Waals surface area contributed by atoms with Gasteiger partial charge in [0.25, 0.3) is 0 Å². The number of hydrogen-bond donors (Lipinski definition) is 0. The van der Waals surface area contributed by atoms with Gasteiger partial charge in [0, 0.05) is 9.89 Å². The van der Waals surface area contributed by atoms with Gasteiger partial charge in [-0.1, -0.05) is 84.4 Å². The van der Waals surface area contributed by atoms with Crippen molar-refractivity contribution in [2.75, 3.05) is 0 Å². The highest BCUT2D eigenvalue weighted by Crippen LogP contribution is 2.54. The van der Waals surface area contributed by atoms with E-state index in [9.17, 15) is 0 Å². The highest BCUT2D eigenvalue weighted by molar-refractivity contribution is 9.10. The predicted octanol–water partition coefficient (Wildman–Crippen LogP) is 7.06. The number of rotatable bonds is 0. The minimum Gasteiger partial charge on any atom is -0.0616 e. The molecule has 0 atom stereocenters. The smallest absolute Gasteiger partial charge is 0.0178 e. The molecule has 0 amide bonds. The van der Waals surface area contributed by atoms with Gasteiger partial charge in [-0.3, -0.25) is 0 Å². The second-order valence-corrected chi connectivity index (χ2v) is 8.07. The molecule has 5 rings (SSSR count). The Hall–Kier alpha value is -2.12. The molecule has 1 aliphatic carbocycles. The molecule has 24 heavy (non-hydrogen) atoms. The van der Waals surface area contributed by atoms with Crippen LogP contribution in [-0.4, -0.2) is 0 Å². The lowest BCUT2D eigenvalue weighted by Crippen LogP contribution is -2.15. The van der Waals surface area contributed by atoms with Crippen LogP contribution < -0.4 is 0 Å². The van der Waals surface area contributed by atoms with Crippen molar-refractivity contribution in [3.05, 3.63) is 82.3 Å². The summed E-state index contributed by atoms with van der Waals surface area (Å²) in [7, 11) is 0. The van der Waals surface area contributed by atoms with Crippen molar-refractivity contribution in [3.8, 4) is 11.1 Å². The zero-order chi connectivity index (χ0) is 16.5. The summed E-state index contributed by atoms with van der Waals surface area (Å²) in [6.45, 7) is 4.70. The molecule has 0 heterocycles. The molecule has 0 aromatic heterocycles. The maximum absolute atomic E-state index is 3.66. The van der Waals surface area contributed by atoms with Gasteiger partial charge in [0.2, 0.25) is 0 Å². The largest absolute Gasteiger partial charge is 0.0616 e. The van der Waals surface area contributed by atoms with Gasteiger partial charge >= 0.3 is 0 Å². The molecular formula is C23H17Br. The predicted molar refractivity (Wildman–Crippen MR) is 107 cm³/mol. The van der Waals surface area contributed by atoms with Crippen LogP contribution in [0.2, 0.25) is 0 Å². The third kappa shape index (κ3) is 1.68. The highest BCUT2D eigenvalue weighted by Gasteiger charge is 2.38. The minimum atomic E-state index is -0.00190. The second-order valence-electron chi connectivity index (χ2n) is 7.16. The summed E-state index contributed by atoms with van der Waals surface area (Å²) in [5, 5.41) is 5.44. The van der Waals surface area contributed by atoms with E-state index >= 15 is 0 Å². The fraction of sp³-hybridized carbons (Fsp3) is 0.130. The zero-order valence-electron chi connectivity index (χ0n) is 13.7. The molecule has 116 valence electrons. The molecule has 0 saturated heterocycles. The van der Waals surface area contributed by atoms with Crippen molar-refractivity contribution in [1.82, 2.24) is 0 Å². The standard InChI is InChI=1S/C23H17Br/c1-23(2)20-13-14(24)11-12-19(20)21-17-9-5-3-7-15(17)16-8-4-6-10-18(16)22(21)23/h3-13H,1-2H3. The van der Waals surface area contributed by atoms with E-state index in [1.807, 2.05) is 0 Å². The summed E-state index contributed by atoms with van der Waals surface area (Å²) in [5.74, 6) is 0. The third-order valence-corrected chi connectivity index (χ3v) is 5.98. The van der Waals surface area contributed by atoms with Crippen molar-refractivity contribution < 1.29 is 0 Å². The van der Waals surface area contributed by atoms with Crippen molar-refractivity contribution in [2.45, 2.75) is 19.3 Å². The lowest BCUT2D eigenvalue weighted by Gasteiger charge is -2.24. The van der Waals surface area contributed by atoms with Crippen LogP contribution in [0, 0.1) is 0 Å². The first kappa shape index (κ1) is 14.2. The number of fused-ring (bicyclic) bond motifs is 8. The van der Waals surface area contributed by atoms with Crippen LogP contribution in [0.3, 0.4) is 0 Å². The Labute approximate surface area is 150 Å². The normalized spacial score (nSPS) is 14.8. The zero-order valence-corrected chi connectivity index (χ0v) is 15.3. The molecule has 0 spiro atoms. The topological polar surface area (TPSA) is 0 Å². The molecule has 0 bridgehead atoms. The summed E-state index contributed by atoms with van der Waals surface area (Å²) in [6.07, 6.45) is 0. The van der Waals surface area contributed by atoms with E-state index < -0.39 is 0 Å². The Morgan fingerprint density at radius 1 is 0.708 bits per heavy atom. The average molecular weight is 373 g/mol. The van der Waals surface area contributed by atoms with Crippen LogP contribution in [0.25, 0.3) is 32.7 Å². The molecular weight excluding hydrogens is 356 g/mol. The van der Waals surface area contributed by atoms with Crippen LogP contribution in [0.1, 0.15) is 25.0 Å². The van der Waals surface area contributed by atoms with Gasteiger partial charge in [-0.25, -0.2) is 0 Å². The molecule has 0 nitrogen and oxygen atoms in total. The Bertz CT molecular complexity index is 1140. The molecule has 0 radical (unpaired) electrons. The molecule has 0 fully saturated rings. The summed E-state index contributed by atoms with van der Waals surface area (Å²) in [6, 6.07) is 24.4. The molecule has 0 N–H and O–H groups in total. The maximum atomic E-state index is 3.66. The van der Waals surface area contributed by atoms with Crippen LogP contribution in [0.5, 0.6) is 0 Å². The lowest BCUT2D eigenvalue weighted by atomic mass is 9.79. The lowest BCUT2D eigenvalue weighted by molar-refractivity contribution is 0.666. The van der Waals surface area contributed by atoms with Crippen molar-refractivity contribution >= 4 is 37.5 Å². The van der Waals surface area contributed by atoms with E-state index in [2.05, 4.69) is 96.5 Å². The summed E-state index contributed by atoms with van der Waals surface area (Å²) in [4.78, 5) is 0. The Balaban J connectivity index is 2.10. The first-order chi connectivity index (χ1) is 11.6. The molecule has 1 aliphatic rings. The van der Waals surface area contributed by atoms with Gasteiger partial charge in [0.15, 0.2) is 0 Å². The number of halogens is 1. The maximum Gasteiger partial charge on any atom is 0.0178 e. The fourth-order valence-electron chi connectivity index (χ4n) is 4.46. The monoisotopic (exact) mass is 372 g/mol. The van der Waals surface area contributed by atoms with E-state index in [0.717, 1.165) is 4.47 Å². The van der Waals surface area contributed by atoms with Crippen molar-refractivity contribution in [1.29, 1.82) is 0 Å². The van der Waals surface area contributed by atoms with E-state index in [1.54, 1.807) is 0 Å². The van der Waals surface area contributed by atoms with Crippen LogP contribution >= 0.6 is 15.9 Å².